The summed E-state index contributed by atoms with van der Waals surface area (Å²) >= 11 is 0. The molecule has 88 valence electrons. The highest BCUT2D eigenvalue weighted by atomic mass is 16.5. The van der Waals surface area contributed by atoms with Gasteiger partial charge in [-0.25, -0.2) is 0 Å². The number of benzene rings is 1. The topological polar surface area (TPSA) is 21.3 Å². The van der Waals surface area contributed by atoms with Crippen molar-refractivity contribution in [3.05, 3.63) is 35.4 Å². The van der Waals surface area contributed by atoms with Gasteiger partial charge in [0.25, 0.3) is 0 Å². The van der Waals surface area contributed by atoms with Gasteiger partial charge in [0.1, 0.15) is 0 Å². The van der Waals surface area contributed by atoms with Gasteiger partial charge in [0.15, 0.2) is 0 Å². The van der Waals surface area contributed by atoms with E-state index < -0.39 is 0 Å². The van der Waals surface area contributed by atoms with E-state index in [1.165, 1.54) is 11.1 Å². The molecule has 0 aromatic heterocycles. The van der Waals surface area contributed by atoms with Crippen molar-refractivity contribution in [2.45, 2.75) is 25.8 Å². The van der Waals surface area contributed by atoms with Crippen LogP contribution in [0.4, 0.5) is 0 Å². The van der Waals surface area contributed by atoms with Crippen LogP contribution in [0.3, 0.4) is 0 Å². The molecule has 2 nitrogen and oxygen atoms in total. The maximum atomic E-state index is 5.57. The van der Waals surface area contributed by atoms with Crippen LogP contribution < -0.4 is 5.32 Å². The Balaban J connectivity index is 1.99. The molecule has 2 heteroatoms. The molecule has 0 spiro atoms. The van der Waals surface area contributed by atoms with Crippen molar-refractivity contribution in [3.8, 4) is 0 Å². The molecule has 2 rings (SSSR count). The highest BCUT2D eigenvalue weighted by molar-refractivity contribution is 5.22. The second-order valence-corrected chi connectivity index (χ2v) is 4.71. The summed E-state index contributed by atoms with van der Waals surface area (Å²) < 4.78 is 5.57. The zero-order valence-electron chi connectivity index (χ0n) is 10.2. The fraction of sp³-hybridized carbons (Fsp3) is 0.571. The SMILES string of the molecule is CN[C@@H]1CCOC[C@H]1Cc1ccc(C)cc1. The van der Waals surface area contributed by atoms with Crippen LogP contribution in [0.25, 0.3) is 0 Å². The van der Waals surface area contributed by atoms with Gasteiger partial charge in [-0.05, 0) is 32.4 Å². The second-order valence-electron chi connectivity index (χ2n) is 4.71. The van der Waals surface area contributed by atoms with Crippen LogP contribution in [0.1, 0.15) is 17.5 Å². The Hall–Kier alpha value is -0.860. The van der Waals surface area contributed by atoms with Gasteiger partial charge in [0.05, 0.1) is 6.61 Å². The minimum absolute atomic E-state index is 0.607. The third-order valence-corrected chi connectivity index (χ3v) is 3.46. The van der Waals surface area contributed by atoms with Gasteiger partial charge < -0.3 is 10.1 Å². The summed E-state index contributed by atoms with van der Waals surface area (Å²) in [6, 6.07) is 9.45. The molecule has 1 aliphatic heterocycles. The Kier molecular flexibility index (Phi) is 3.97. The number of ether oxygens (including phenoxy) is 1. The average molecular weight is 219 g/mol. The van der Waals surface area contributed by atoms with Gasteiger partial charge in [0, 0.05) is 18.6 Å². The quantitative estimate of drug-likeness (QED) is 0.841. The molecule has 1 N–H and O–H groups in total. The van der Waals surface area contributed by atoms with Crippen molar-refractivity contribution >= 4 is 0 Å². The zero-order chi connectivity index (χ0) is 11.4. The Morgan fingerprint density at radius 1 is 1.31 bits per heavy atom. The fourth-order valence-corrected chi connectivity index (χ4v) is 2.40. The molecule has 0 saturated carbocycles. The molecule has 0 radical (unpaired) electrons. The van der Waals surface area contributed by atoms with Crippen molar-refractivity contribution < 1.29 is 4.74 Å². The predicted molar refractivity (Wildman–Crippen MR) is 66.7 cm³/mol. The van der Waals surface area contributed by atoms with Crippen LogP contribution in [0.2, 0.25) is 0 Å². The molecule has 0 unspecified atom stereocenters. The van der Waals surface area contributed by atoms with Gasteiger partial charge in [-0.2, -0.15) is 0 Å². The molecule has 0 amide bonds. The number of aryl methyl sites for hydroxylation is 1. The van der Waals surface area contributed by atoms with E-state index in [1.807, 2.05) is 0 Å². The average Bonchev–Trinajstić information content (AvgIpc) is 2.33. The van der Waals surface area contributed by atoms with Crippen molar-refractivity contribution in [3.63, 3.8) is 0 Å². The summed E-state index contributed by atoms with van der Waals surface area (Å²) in [7, 11) is 2.05. The monoisotopic (exact) mass is 219 g/mol. The number of hydrogen-bond donors (Lipinski definition) is 1. The van der Waals surface area contributed by atoms with Crippen LogP contribution >= 0.6 is 0 Å². The molecule has 1 aromatic carbocycles. The van der Waals surface area contributed by atoms with E-state index in [0.29, 0.717) is 12.0 Å². The first kappa shape index (κ1) is 11.6. The first-order valence-electron chi connectivity index (χ1n) is 6.10. The first-order valence-corrected chi connectivity index (χ1v) is 6.10. The van der Waals surface area contributed by atoms with Gasteiger partial charge >= 0.3 is 0 Å². The Morgan fingerprint density at radius 2 is 2.06 bits per heavy atom. The predicted octanol–water partition coefficient (Wildman–Crippen LogP) is 2.16. The Bertz CT molecular complexity index is 320. The summed E-state index contributed by atoms with van der Waals surface area (Å²) in [5.41, 5.74) is 2.75. The molecule has 1 saturated heterocycles. The summed E-state index contributed by atoms with van der Waals surface area (Å²) in [6.07, 6.45) is 2.25. The van der Waals surface area contributed by atoms with Crippen LogP contribution in [0, 0.1) is 12.8 Å². The van der Waals surface area contributed by atoms with Crippen LogP contribution in [0.5, 0.6) is 0 Å². The smallest absolute Gasteiger partial charge is 0.0512 e. The number of hydrogen-bond acceptors (Lipinski definition) is 2. The summed E-state index contributed by atoms with van der Waals surface area (Å²) in [5, 5.41) is 3.41. The molecule has 0 aliphatic carbocycles. The highest BCUT2D eigenvalue weighted by Crippen LogP contribution is 2.19. The molecule has 16 heavy (non-hydrogen) atoms. The molecule has 1 aromatic rings. The molecule has 2 atom stereocenters. The van der Waals surface area contributed by atoms with E-state index >= 15 is 0 Å². The normalized spacial score (nSPS) is 25.6. The summed E-state index contributed by atoms with van der Waals surface area (Å²) in [4.78, 5) is 0. The zero-order valence-corrected chi connectivity index (χ0v) is 10.2. The van der Waals surface area contributed by atoms with E-state index in [2.05, 4.69) is 43.6 Å². The highest BCUT2D eigenvalue weighted by Gasteiger charge is 2.24. The van der Waals surface area contributed by atoms with E-state index in [4.69, 9.17) is 4.74 Å². The molecule has 1 aliphatic rings. The van der Waals surface area contributed by atoms with E-state index in [0.717, 1.165) is 26.1 Å². The van der Waals surface area contributed by atoms with E-state index in [1.54, 1.807) is 0 Å². The molecule has 1 heterocycles. The first-order chi connectivity index (χ1) is 7.79. The summed E-state index contributed by atoms with van der Waals surface area (Å²) in [5.74, 6) is 0.612. The third-order valence-electron chi connectivity index (χ3n) is 3.46. The van der Waals surface area contributed by atoms with Crippen molar-refractivity contribution in [1.29, 1.82) is 0 Å². The van der Waals surface area contributed by atoms with Crippen LogP contribution in [0.15, 0.2) is 24.3 Å². The van der Waals surface area contributed by atoms with Crippen molar-refractivity contribution in [2.24, 2.45) is 5.92 Å². The maximum Gasteiger partial charge on any atom is 0.0512 e. The minimum atomic E-state index is 0.607. The largest absolute Gasteiger partial charge is 0.381 e. The Morgan fingerprint density at radius 3 is 2.75 bits per heavy atom. The van der Waals surface area contributed by atoms with Gasteiger partial charge in [-0.15, -0.1) is 0 Å². The lowest BCUT2D eigenvalue weighted by Crippen LogP contribution is -2.41. The standard InChI is InChI=1S/C14H21NO/c1-11-3-5-12(6-4-11)9-13-10-16-8-7-14(13)15-2/h3-6,13-15H,7-10H2,1-2H3/t13-,14-/m1/s1. The molecule has 0 bridgehead atoms. The maximum absolute atomic E-state index is 5.57. The number of rotatable bonds is 3. The van der Waals surface area contributed by atoms with E-state index in [-0.39, 0.29) is 0 Å². The van der Waals surface area contributed by atoms with Crippen LogP contribution in [-0.2, 0) is 11.2 Å². The summed E-state index contributed by atoms with van der Waals surface area (Å²) in [6.45, 7) is 3.92. The number of nitrogens with one attached hydrogen (secondary N) is 1. The van der Waals surface area contributed by atoms with E-state index in [9.17, 15) is 0 Å². The van der Waals surface area contributed by atoms with Crippen LogP contribution in [-0.4, -0.2) is 26.3 Å². The van der Waals surface area contributed by atoms with Crippen molar-refractivity contribution in [1.82, 2.24) is 5.32 Å². The lowest BCUT2D eigenvalue weighted by Gasteiger charge is -2.31. The molecule has 1 fully saturated rings. The van der Waals surface area contributed by atoms with Gasteiger partial charge in [0.2, 0.25) is 0 Å². The van der Waals surface area contributed by atoms with Gasteiger partial charge in [-0.3, -0.25) is 0 Å². The van der Waals surface area contributed by atoms with Crippen molar-refractivity contribution in [2.75, 3.05) is 20.3 Å². The lowest BCUT2D eigenvalue weighted by atomic mass is 9.89. The molecular weight excluding hydrogens is 198 g/mol. The fourth-order valence-electron chi connectivity index (χ4n) is 2.40. The molecular formula is C14H21NO. The second kappa shape index (κ2) is 5.46. The minimum Gasteiger partial charge on any atom is -0.381 e. The van der Waals surface area contributed by atoms with Gasteiger partial charge in [-0.1, -0.05) is 29.8 Å². The lowest BCUT2D eigenvalue weighted by molar-refractivity contribution is 0.0342. The Labute approximate surface area is 98.0 Å². The third kappa shape index (κ3) is 2.83.